The minimum absolute atomic E-state index is 0.136. The second-order valence-electron chi connectivity index (χ2n) is 5.01. The quantitative estimate of drug-likeness (QED) is 0.842. The Bertz CT molecular complexity index is 445. The van der Waals surface area contributed by atoms with Crippen LogP contribution in [0.15, 0.2) is 18.2 Å². The monoisotopic (exact) mass is 263 g/mol. The van der Waals surface area contributed by atoms with E-state index in [1.54, 1.807) is 0 Å². The summed E-state index contributed by atoms with van der Waals surface area (Å²) < 4.78 is 4.81. The number of methoxy groups -OCH3 is 1. The van der Waals surface area contributed by atoms with E-state index in [0.717, 1.165) is 12.8 Å². The number of ether oxygens (including phenoxy) is 1. The van der Waals surface area contributed by atoms with Gasteiger partial charge in [-0.15, -0.1) is 0 Å². The van der Waals surface area contributed by atoms with E-state index in [9.17, 15) is 9.90 Å². The lowest BCUT2D eigenvalue weighted by molar-refractivity contribution is 0.0610. The zero-order valence-corrected chi connectivity index (χ0v) is 11.3. The Morgan fingerprint density at radius 2 is 2.11 bits per heavy atom. The van der Waals surface area contributed by atoms with Crippen molar-refractivity contribution in [3.8, 4) is 0 Å². The maximum Gasteiger partial charge on any atom is 0.251 e. The van der Waals surface area contributed by atoms with E-state index < -0.39 is 6.10 Å². The Morgan fingerprint density at radius 1 is 1.37 bits per heavy atom. The Kier molecular flexibility index (Phi) is 4.93. The van der Waals surface area contributed by atoms with Crippen LogP contribution in [0.25, 0.3) is 0 Å². The van der Waals surface area contributed by atoms with Crippen LogP contribution in [-0.4, -0.2) is 37.4 Å². The van der Waals surface area contributed by atoms with Crippen molar-refractivity contribution in [3.05, 3.63) is 34.9 Å². The smallest absolute Gasteiger partial charge is 0.251 e. The summed E-state index contributed by atoms with van der Waals surface area (Å²) in [5.41, 5.74) is 3.32. The number of aliphatic hydroxyl groups excluding tert-OH is 1. The summed E-state index contributed by atoms with van der Waals surface area (Å²) in [4.78, 5) is 12.0. The van der Waals surface area contributed by atoms with Gasteiger partial charge < -0.3 is 15.2 Å². The number of fused-ring (bicyclic) bond motifs is 1. The van der Waals surface area contributed by atoms with Gasteiger partial charge in [-0.05, 0) is 48.9 Å². The van der Waals surface area contributed by atoms with Gasteiger partial charge >= 0.3 is 0 Å². The number of aliphatic hydroxyl groups is 1. The lowest BCUT2D eigenvalue weighted by Crippen LogP contribution is -2.34. The van der Waals surface area contributed by atoms with Crippen molar-refractivity contribution in [2.24, 2.45) is 0 Å². The fourth-order valence-corrected chi connectivity index (χ4v) is 2.44. The Hall–Kier alpha value is -1.39. The highest BCUT2D eigenvalue weighted by molar-refractivity contribution is 5.94. The molecule has 4 nitrogen and oxygen atoms in total. The number of hydrogen-bond acceptors (Lipinski definition) is 3. The van der Waals surface area contributed by atoms with Crippen LogP contribution in [0.4, 0.5) is 0 Å². The SMILES string of the molecule is COCC(O)CNC(=O)c1ccc2c(c1)CCCC2. The second-order valence-corrected chi connectivity index (χ2v) is 5.01. The molecule has 0 saturated carbocycles. The number of carbonyl (C=O) groups excluding carboxylic acids is 1. The molecular formula is C15H21NO3. The third kappa shape index (κ3) is 3.78. The number of benzene rings is 1. The van der Waals surface area contributed by atoms with E-state index in [0.29, 0.717) is 5.56 Å². The van der Waals surface area contributed by atoms with E-state index in [1.807, 2.05) is 12.1 Å². The fraction of sp³-hybridized carbons (Fsp3) is 0.533. The van der Waals surface area contributed by atoms with Gasteiger partial charge in [0.2, 0.25) is 0 Å². The molecule has 1 atom stereocenters. The van der Waals surface area contributed by atoms with Crippen molar-refractivity contribution in [1.82, 2.24) is 5.32 Å². The Morgan fingerprint density at radius 3 is 2.84 bits per heavy atom. The lowest BCUT2D eigenvalue weighted by Gasteiger charge is -2.17. The number of rotatable bonds is 5. The number of amides is 1. The van der Waals surface area contributed by atoms with Gasteiger partial charge in [-0.2, -0.15) is 0 Å². The molecule has 0 fully saturated rings. The molecule has 0 saturated heterocycles. The van der Waals surface area contributed by atoms with Gasteiger partial charge in [0.1, 0.15) is 0 Å². The molecule has 2 N–H and O–H groups in total. The van der Waals surface area contributed by atoms with Gasteiger partial charge in [-0.25, -0.2) is 0 Å². The van der Waals surface area contributed by atoms with E-state index in [-0.39, 0.29) is 19.1 Å². The number of aryl methyl sites for hydroxylation is 2. The Balaban J connectivity index is 1.95. The van der Waals surface area contributed by atoms with E-state index in [4.69, 9.17) is 4.74 Å². The van der Waals surface area contributed by atoms with Gasteiger partial charge in [0.05, 0.1) is 12.7 Å². The van der Waals surface area contributed by atoms with Gasteiger partial charge in [0.25, 0.3) is 5.91 Å². The van der Waals surface area contributed by atoms with Crippen LogP contribution in [0, 0.1) is 0 Å². The zero-order valence-electron chi connectivity index (χ0n) is 11.3. The summed E-state index contributed by atoms with van der Waals surface area (Å²) in [6.45, 7) is 0.439. The summed E-state index contributed by atoms with van der Waals surface area (Å²) in [6.07, 6.45) is 3.95. The average molecular weight is 263 g/mol. The first-order valence-electron chi connectivity index (χ1n) is 6.77. The van der Waals surface area contributed by atoms with Crippen LogP contribution in [-0.2, 0) is 17.6 Å². The molecule has 1 aliphatic rings. The first kappa shape index (κ1) is 14.0. The number of carbonyl (C=O) groups is 1. The minimum Gasteiger partial charge on any atom is -0.389 e. The standard InChI is InChI=1S/C15H21NO3/c1-19-10-14(17)9-16-15(18)13-7-6-11-4-2-3-5-12(11)8-13/h6-8,14,17H,2-5,9-10H2,1H3,(H,16,18). The van der Waals surface area contributed by atoms with Gasteiger partial charge in [0, 0.05) is 19.2 Å². The van der Waals surface area contributed by atoms with Crippen LogP contribution in [0.1, 0.15) is 34.3 Å². The summed E-state index contributed by atoms with van der Waals surface area (Å²) in [6, 6.07) is 5.89. The normalized spacial score (nSPS) is 15.7. The first-order valence-corrected chi connectivity index (χ1v) is 6.77. The predicted molar refractivity (Wildman–Crippen MR) is 73.3 cm³/mol. The van der Waals surface area contributed by atoms with Crippen LogP contribution < -0.4 is 5.32 Å². The molecule has 0 aromatic heterocycles. The molecule has 1 unspecified atom stereocenters. The predicted octanol–water partition coefficient (Wildman–Crippen LogP) is 1.30. The summed E-state index contributed by atoms with van der Waals surface area (Å²) in [5, 5.41) is 12.2. The first-order chi connectivity index (χ1) is 9.20. The molecule has 2 rings (SSSR count). The molecular weight excluding hydrogens is 242 g/mol. The third-order valence-corrected chi connectivity index (χ3v) is 3.47. The van der Waals surface area contributed by atoms with Crippen molar-refractivity contribution < 1.29 is 14.6 Å². The molecule has 1 amide bonds. The Labute approximate surface area is 113 Å². The summed E-state index contributed by atoms with van der Waals surface area (Å²) in [5.74, 6) is -0.136. The molecule has 0 spiro atoms. The maximum atomic E-state index is 12.0. The van der Waals surface area contributed by atoms with E-state index in [1.165, 1.54) is 31.1 Å². The number of hydrogen-bond donors (Lipinski definition) is 2. The highest BCUT2D eigenvalue weighted by Crippen LogP contribution is 2.22. The van der Waals surface area contributed by atoms with Crippen LogP contribution in [0.2, 0.25) is 0 Å². The van der Waals surface area contributed by atoms with Crippen LogP contribution >= 0.6 is 0 Å². The van der Waals surface area contributed by atoms with E-state index >= 15 is 0 Å². The van der Waals surface area contributed by atoms with Crippen molar-refractivity contribution in [1.29, 1.82) is 0 Å². The fourth-order valence-electron chi connectivity index (χ4n) is 2.44. The molecule has 19 heavy (non-hydrogen) atoms. The van der Waals surface area contributed by atoms with Gasteiger partial charge in [0.15, 0.2) is 0 Å². The van der Waals surface area contributed by atoms with Crippen LogP contribution in [0.5, 0.6) is 0 Å². The summed E-state index contributed by atoms with van der Waals surface area (Å²) in [7, 11) is 1.52. The molecule has 4 heteroatoms. The maximum absolute atomic E-state index is 12.0. The molecule has 1 aliphatic carbocycles. The van der Waals surface area contributed by atoms with Gasteiger partial charge in [-0.3, -0.25) is 4.79 Å². The van der Waals surface area contributed by atoms with Crippen molar-refractivity contribution in [2.45, 2.75) is 31.8 Å². The molecule has 0 radical (unpaired) electrons. The zero-order chi connectivity index (χ0) is 13.7. The molecule has 1 aromatic rings. The highest BCUT2D eigenvalue weighted by atomic mass is 16.5. The molecule has 104 valence electrons. The molecule has 0 aliphatic heterocycles. The van der Waals surface area contributed by atoms with Crippen molar-refractivity contribution >= 4 is 5.91 Å². The minimum atomic E-state index is -0.661. The largest absolute Gasteiger partial charge is 0.389 e. The number of nitrogens with one attached hydrogen (secondary N) is 1. The van der Waals surface area contributed by atoms with Gasteiger partial charge in [-0.1, -0.05) is 6.07 Å². The molecule has 0 bridgehead atoms. The lowest BCUT2D eigenvalue weighted by atomic mass is 9.90. The molecule has 0 heterocycles. The van der Waals surface area contributed by atoms with Crippen LogP contribution in [0.3, 0.4) is 0 Å². The average Bonchev–Trinajstić information content (AvgIpc) is 2.44. The van der Waals surface area contributed by atoms with Crippen molar-refractivity contribution in [3.63, 3.8) is 0 Å². The second kappa shape index (κ2) is 6.68. The topological polar surface area (TPSA) is 58.6 Å². The molecule has 1 aromatic carbocycles. The van der Waals surface area contributed by atoms with Crippen molar-refractivity contribution in [2.75, 3.05) is 20.3 Å². The highest BCUT2D eigenvalue weighted by Gasteiger charge is 2.13. The van der Waals surface area contributed by atoms with E-state index in [2.05, 4.69) is 11.4 Å². The third-order valence-electron chi connectivity index (χ3n) is 3.47. The summed E-state index contributed by atoms with van der Waals surface area (Å²) >= 11 is 0.